The van der Waals surface area contributed by atoms with Crippen LogP contribution in [0.1, 0.15) is 32.1 Å². The Bertz CT molecular complexity index is 467. The fourth-order valence-electron chi connectivity index (χ4n) is 2.64. The van der Waals surface area contributed by atoms with Crippen LogP contribution >= 0.6 is 0 Å². The zero-order valence-electron chi connectivity index (χ0n) is 10.2. The molecule has 0 aliphatic heterocycles. The van der Waals surface area contributed by atoms with E-state index in [0.29, 0.717) is 6.04 Å². The van der Waals surface area contributed by atoms with E-state index in [0.717, 1.165) is 17.1 Å². The van der Waals surface area contributed by atoms with Crippen molar-refractivity contribution in [3.63, 3.8) is 0 Å². The van der Waals surface area contributed by atoms with Crippen molar-refractivity contribution in [2.45, 2.75) is 38.1 Å². The van der Waals surface area contributed by atoms with Crippen LogP contribution in [0.4, 0.5) is 6.01 Å². The zero-order valence-corrected chi connectivity index (χ0v) is 10.2. The fraction of sp³-hybridized carbons (Fsp3) is 0.500. The maximum Gasteiger partial charge on any atom is 0.298 e. The molecule has 3 rings (SSSR count). The molecule has 0 saturated heterocycles. The molecule has 0 radical (unpaired) electrons. The smallest absolute Gasteiger partial charge is 0.298 e. The molecule has 3 heteroatoms. The average molecular weight is 230 g/mol. The van der Waals surface area contributed by atoms with Gasteiger partial charge in [-0.2, -0.15) is 4.98 Å². The third-order valence-corrected chi connectivity index (χ3v) is 3.71. The summed E-state index contributed by atoms with van der Waals surface area (Å²) in [5, 5.41) is 0. The highest BCUT2D eigenvalue weighted by molar-refractivity contribution is 5.74. The number of hydrogen-bond donors (Lipinski definition) is 0. The minimum absolute atomic E-state index is 0.594. The van der Waals surface area contributed by atoms with Gasteiger partial charge in [-0.1, -0.05) is 31.4 Å². The molecule has 2 aromatic rings. The highest BCUT2D eigenvalue weighted by Gasteiger charge is 2.21. The number of oxazole rings is 1. The van der Waals surface area contributed by atoms with Crippen molar-refractivity contribution in [3.05, 3.63) is 24.3 Å². The van der Waals surface area contributed by atoms with Crippen molar-refractivity contribution in [2.75, 3.05) is 11.9 Å². The average Bonchev–Trinajstić information content (AvgIpc) is 2.82. The van der Waals surface area contributed by atoms with Gasteiger partial charge < -0.3 is 9.32 Å². The molecule has 0 amide bonds. The maximum absolute atomic E-state index is 5.80. The zero-order chi connectivity index (χ0) is 11.7. The summed E-state index contributed by atoms with van der Waals surface area (Å²) in [5.41, 5.74) is 1.83. The summed E-state index contributed by atoms with van der Waals surface area (Å²) in [7, 11) is 2.10. The van der Waals surface area contributed by atoms with Gasteiger partial charge in [-0.05, 0) is 25.0 Å². The van der Waals surface area contributed by atoms with E-state index in [4.69, 9.17) is 4.42 Å². The molecule has 1 heterocycles. The van der Waals surface area contributed by atoms with E-state index in [1.165, 1.54) is 32.1 Å². The van der Waals surface area contributed by atoms with E-state index in [9.17, 15) is 0 Å². The molecule has 1 saturated carbocycles. The van der Waals surface area contributed by atoms with Crippen molar-refractivity contribution < 1.29 is 4.42 Å². The van der Waals surface area contributed by atoms with Crippen molar-refractivity contribution >= 4 is 17.1 Å². The lowest BCUT2D eigenvalue weighted by atomic mass is 9.95. The molecule has 1 aliphatic carbocycles. The summed E-state index contributed by atoms with van der Waals surface area (Å²) < 4.78 is 5.80. The van der Waals surface area contributed by atoms with E-state index >= 15 is 0 Å². The molecule has 1 aromatic heterocycles. The van der Waals surface area contributed by atoms with Crippen molar-refractivity contribution in [1.82, 2.24) is 4.98 Å². The van der Waals surface area contributed by atoms with Gasteiger partial charge in [-0.15, -0.1) is 0 Å². The molecule has 0 unspecified atom stereocenters. The summed E-state index contributed by atoms with van der Waals surface area (Å²) in [4.78, 5) is 6.75. The number of fused-ring (bicyclic) bond motifs is 1. The largest absolute Gasteiger partial charge is 0.423 e. The Balaban J connectivity index is 1.86. The first-order chi connectivity index (χ1) is 8.34. The highest BCUT2D eigenvalue weighted by atomic mass is 16.4. The van der Waals surface area contributed by atoms with E-state index in [-0.39, 0.29) is 0 Å². The van der Waals surface area contributed by atoms with Crippen LogP contribution < -0.4 is 4.90 Å². The van der Waals surface area contributed by atoms with Crippen LogP contribution in [0, 0.1) is 0 Å². The number of anilines is 1. The predicted molar refractivity (Wildman–Crippen MR) is 69.3 cm³/mol. The highest BCUT2D eigenvalue weighted by Crippen LogP contribution is 2.27. The van der Waals surface area contributed by atoms with Gasteiger partial charge >= 0.3 is 0 Å². The monoisotopic (exact) mass is 230 g/mol. The molecule has 1 aromatic carbocycles. The molecule has 0 N–H and O–H groups in total. The minimum atomic E-state index is 0.594. The predicted octanol–water partition coefficient (Wildman–Crippen LogP) is 3.60. The Hall–Kier alpha value is -1.51. The van der Waals surface area contributed by atoms with Crippen LogP contribution in [-0.4, -0.2) is 18.1 Å². The quantitative estimate of drug-likeness (QED) is 0.789. The molecule has 90 valence electrons. The second-order valence-electron chi connectivity index (χ2n) is 4.87. The van der Waals surface area contributed by atoms with E-state index in [1.54, 1.807) is 0 Å². The Morgan fingerprint density at radius 1 is 1.18 bits per heavy atom. The number of hydrogen-bond acceptors (Lipinski definition) is 3. The van der Waals surface area contributed by atoms with E-state index < -0.39 is 0 Å². The van der Waals surface area contributed by atoms with Gasteiger partial charge in [-0.25, -0.2) is 0 Å². The number of rotatable bonds is 2. The molecule has 3 nitrogen and oxygen atoms in total. The first-order valence-electron chi connectivity index (χ1n) is 6.43. The third-order valence-electron chi connectivity index (χ3n) is 3.71. The minimum Gasteiger partial charge on any atom is -0.423 e. The first-order valence-corrected chi connectivity index (χ1v) is 6.43. The van der Waals surface area contributed by atoms with Crippen LogP contribution in [0.25, 0.3) is 11.1 Å². The van der Waals surface area contributed by atoms with Crippen LogP contribution in [-0.2, 0) is 0 Å². The van der Waals surface area contributed by atoms with Crippen LogP contribution in [0.5, 0.6) is 0 Å². The molecule has 1 fully saturated rings. The SMILES string of the molecule is CN(c1nc2ccccc2o1)C1CCCCC1. The lowest BCUT2D eigenvalue weighted by Crippen LogP contribution is -2.33. The molecule has 17 heavy (non-hydrogen) atoms. The second kappa shape index (κ2) is 4.40. The first kappa shape index (κ1) is 10.6. The molecule has 0 atom stereocenters. The standard InChI is InChI=1S/C14H18N2O/c1-16(11-7-3-2-4-8-11)14-15-12-9-5-6-10-13(12)17-14/h5-6,9-11H,2-4,7-8H2,1H3. The van der Waals surface area contributed by atoms with Crippen molar-refractivity contribution in [1.29, 1.82) is 0 Å². The lowest BCUT2D eigenvalue weighted by molar-refractivity contribution is 0.409. The number of aromatic nitrogens is 1. The Morgan fingerprint density at radius 3 is 2.71 bits per heavy atom. The summed E-state index contributed by atoms with van der Waals surface area (Å²) in [6, 6.07) is 9.31. The summed E-state index contributed by atoms with van der Waals surface area (Å²) in [5.74, 6) is 0. The summed E-state index contributed by atoms with van der Waals surface area (Å²) in [6.45, 7) is 0. The fourth-order valence-corrected chi connectivity index (χ4v) is 2.64. The van der Waals surface area contributed by atoms with E-state index in [1.807, 2.05) is 24.3 Å². The molecule has 0 bridgehead atoms. The third kappa shape index (κ3) is 2.02. The summed E-state index contributed by atoms with van der Waals surface area (Å²) in [6.07, 6.45) is 6.55. The summed E-state index contributed by atoms with van der Waals surface area (Å²) >= 11 is 0. The van der Waals surface area contributed by atoms with Gasteiger partial charge in [0.1, 0.15) is 5.52 Å². The van der Waals surface area contributed by atoms with Gasteiger partial charge in [0.05, 0.1) is 0 Å². The molecule has 0 spiro atoms. The number of nitrogens with zero attached hydrogens (tertiary/aromatic N) is 2. The van der Waals surface area contributed by atoms with Gasteiger partial charge in [0, 0.05) is 13.1 Å². The maximum atomic E-state index is 5.80. The van der Waals surface area contributed by atoms with Gasteiger partial charge in [0.2, 0.25) is 0 Å². The Morgan fingerprint density at radius 2 is 1.94 bits per heavy atom. The molecule has 1 aliphatic rings. The van der Waals surface area contributed by atoms with Crippen molar-refractivity contribution in [3.8, 4) is 0 Å². The van der Waals surface area contributed by atoms with Crippen LogP contribution in [0.3, 0.4) is 0 Å². The van der Waals surface area contributed by atoms with Crippen LogP contribution in [0.2, 0.25) is 0 Å². The number of benzene rings is 1. The van der Waals surface area contributed by atoms with E-state index in [2.05, 4.69) is 16.9 Å². The van der Waals surface area contributed by atoms with Crippen molar-refractivity contribution in [2.24, 2.45) is 0 Å². The van der Waals surface area contributed by atoms with Gasteiger partial charge in [0.15, 0.2) is 5.58 Å². The van der Waals surface area contributed by atoms with Gasteiger partial charge in [0.25, 0.3) is 6.01 Å². The number of para-hydroxylation sites is 2. The molecular formula is C14H18N2O. The Kier molecular flexibility index (Phi) is 2.75. The van der Waals surface area contributed by atoms with Crippen LogP contribution in [0.15, 0.2) is 28.7 Å². The lowest BCUT2D eigenvalue weighted by Gasteiger charge is -2.29. The van der Waals surface area contributed by atoms with Gasteiger partial charge in [-0.3, -0.25) is 0 Å². The molecular weight excluding hydrogens is 212 g/mol. The second-order valence-corrected chi connectivity index (χ2v) is 4.87. The normalized spacial score (nSPS) is 17.5. The topological polar surface area (TPSA) is 29.3 Å². The Labute approximate surface area is 101 Å².